The average Bonchev–Trinajstić information content (AvgIpc) is 3.09. The third-order valence-corrected chi connectivity index (χ3v) is 3.27. The van der Waals surface area contributed by atoms with E-state index in [0.29, 0.717) is 12.1 Å². The molecule has 17 heavy (non-hydrogen) atoms. The lowest BCUT2D eigenvalue weighted by atomic mass is 10.1. The van der Waals surface area contributed by atoms with Crippen molar-refractivity contribution < 1.29 is 4.79 Å². The Morgan fingerprint density at radius 1 is 1.35 bits per heavy atom. The molecule has 2 rings (SSSR count). The second-order valence-electron chi connectivity index (χ2n) is 4.88. The number of nitrogens with zero attached hydrogens (tertiary/aromatic N) is 1. The topological polar surface area (TPSA) is 58.4 Å². The Labute approximate surface area is 102 Å². The number of carbonyl (C=O) groups is 1. The maximum atomic E-state index is 12.0. The Kier molecular flexibility index (Phi) is 3.07. The van der Waals surface area contributed by atoms with Crippen molar-refractivity contribution in [2.75, 3.05) is 25.5 Å². The van der Waals surface area contributed by atoms with Gasteiger partial charge in [0, 0.05) is 31.9 Å². The normalized spacial score (nSPS) is 16.4. The standard InChI is InChI=1S/C13H19N3O/c1-16(2)11-5-3-10(4-6-11)12(17)15-13(9-14)7-8-13/h3-6H,7-9,14H2,1-2H3,(H,15,17). The van der Waals surface area contributed by atoms with Crippen LogP contribution in [-0.4, -0.2) is 32.1 Å². The summed E-state index contributed by atoms with van der Waals surface area (Å²) in [5, 5.41) is 3.00. The first-order valence-corrected chi connectivity index (χ1v) is 5.86. The van der Waals surface area contributed by atoms with E-state index < -0.39 is 0 Å². The van der Waals surface area contributed by atoms with Crippen LogP contribution in [0.15, 0.2) is 24.3 Å². The quantitative estimate of drug-likeness (QED) is 0.815. The molecule has 0 unspecified atom stereocenters. The monoisotopic (exact) mass is 233 g/mol. The molecule has 92 valence electrons. The lowest BCUT2D eigenvalue weighted by Crippen LogP contribution is -2.42. The van der Waals surface area contributed by atoms with Crippen molar-refractivity contribution in [2.24, 2.45) is 5.73 Å². The summed E-state index contributed by atoms with van der Waals surface area (Å²) < 4.78 is 0. The molecule has 0 radical (unpaired) electrons. The first-order valence-electron chi connectivity index (χ1n) is 5.86. The van der Waals surface area contributed by atoms with Gasteiger partial charge < -0.3 is 16.0 Å². The molecule has 0 heterocycles. The van der Waals surface area contributed by atoms with E-state index in [1.807, 2.05) is 43.3 Å². The highest BCUT2D eigenvalue weighted by molar-refractivity contribution is 5.95. The van der Waals surface area contributed by atoms with E-state index in [0.717, 1.165) is 18.5 Å². The van der Waals surface area contributed by atoms with Crippen molar-refractivity contribution in [3.8, 4) is 0 Å². The van der Waals surface area contributed by atoms with E-state index in [-0.39, 0.29) is 11.4 Å². The highest BCUT2D eigenvalue weighted by Crippen LogP contribution is 2.34. The fourth-order valence-corrected chi connectivity index (χ4v) is 1.75. The Bertz CT molecular complexity index is 407. The van der Waals surface area contributed by atoms with Crippen LogP contribution in [0.25, 0.3) is 0 Å². The zero-order valence-corrected chi connectivity index (χ0v) is 10.4. The number of amides is 1. The highest BCUT2D eigenvalue weighted by Gasteiger charge is 2.42. The van der Waals surface area contributed by atoms with Crippen LogP contribution in [-0.2, 0) is 0 Å². The maximum absolute atomic E-state index is 12.0. The van der Waals surface area contributed by atoms with Crippen LogP contribution in [0.2, 0.25) is 0 Å². The van der Waals surface area contributed by atoms with Gasteiger partial charge in [-0.2, -0.15) is 0 Å². The minimum absolute atomic E-state index is 0.0294. The number of hydrogen-bond acceptors (Lipinski definition) is 3. The van der Waals surface area contributed by atoms with Crippen LogP contribution in [0.1, 0.15) is 23.2 Å². The van der Waals surface area contributed by atoms with Gasteiger partial charge in [-0.1, -0.05) is 0 Å². The fraction of sp³-hybridized carbons (Fsp3) is 0.462. The summed E-state index contributed by atoms with van der Waals surface area (Å²) in [7, 11) is 3.95. The summed E-state index contributed by atoms with van der Waals surface area (Å²) in [6.07, 6.45) is 1.98. The third-order valence-electron chi connectivity index (χ3n) is 3.27. The molecule has 1 aromatic carbocycles. The number of carbonyl (C=O) groups excluding carboxylic acids is 1. The van der Waals surface area contributed by atoms with Gasteiger partial charge in [0.2, 0.25) is 0 Å². The van der Waals surface area contributed by atoms with Gasteiger partial charge in [0.1, 0.15) is 0 Å². The number of hydrogen-bond donors (Lipinski definition) is 2. The molecule has 1 saturated carbocycles. The van der Waals surface area contributed by atoms with Gasteiger partial charge in [-0.05, 0) is 37.1 Å². The van der Waals surface area contributed by atoms with Crippen molar-refractivity contribution in [2.45, 2.75) is 18.4 Å². The van der Waals surface area contributed by atoms with Crippen molar-refractivity contribution in [3.63, 3.8) is 0 Å². The van der Waals surface area contributed by atoms with Gasteiger partial charge in [0.25, 0.3) is 5.91 Å². The van der Waals surface area contributed by atoms with Crippen molar-refractivity contribution in [3.05, 3.63) is 29.8 Å². The van der Waals surface area contributed by atoms with Gasteiger partial charge in [0.05, 0.1) is 5.54 Å². The van der Waals surface area contributed by atoms with Crippen LogP contribution >= 0.6 is 0 Å². The molecule has 0 atom stereocenters. The molecule has 0 spiro atoms. The summed E-state index contributed by atoms with van der Waals surface area (Å²) in [4.78, 5) is 14.0. The van der Waals surface area contributed by atoms with Crippen molar-refractivity contribution in [1.29, 1.82) is 0 Å². The lowest BCUT2D eigenvalue weighted by Gasteiger charge is -2.16. The number of nitrogens with one attached hydrogen (secondary N) is 1. The van der Waals surface area contributed by atoms with Gasteiger partial charge in [-0.15, -0.1) is 0 Å². The molecule has 1 fully saturated rings. The number of anilines is 1. The van der Waals surface area contributed by atoms with E-state index in [2.05, 4.69) is 5.32 Å². The molecule has 3 N–H and O–H groups in total. The Morgan fingerprint density at radius 2 is 1.94 bits per heavy atom. The summed E-state index contributed by atoms with van der Waals surface area (Å²) in [5.74, 6) is -0.0294. The van der Waals surface area contributed by atoms with Crippen molar-refractivity contribution >= 4 is 11.6 Å². The third kappa shape index (κ3) is 2.58. The Morgan fingerprint density at radius 3 is 2.35 bits per heavy atom. The van der Waals surface area contributed by atoms with E-state index in [4.69, 9.17) is 5.73 Å². The Balaban J connectivity index is 2.04. The molecule has 1 aliphatic rings. The van der Waals surface area contributed by atoms with Gasteiger partial charge in [0.15, 0.2) is 0 Å². The van der Waals surface area contributed by atoms with Gasteiger partial charge in [-0.25, -0.2) is 0 Å². The van der Waals surface area contributed by atoms with Gasteiger partial charge >= 0.3 is 0 Å². The molecule has 1 aromatic rings. The minimum atomic E-state index is -0.128. The van der Waals surface area contributed by atoms with Crippen LogP contribution in [0.4, 0.5) is 5.69 Å². The lowest BCUT2D eigenvalue weighted by molar-refractivity contribution is 0.0933. The molecule has 0 aliphatic heterocycles. The number of benzene rings is 1. The molecular formula is C13H19N3O. The summed E-state index contributed by atoms with van der Waals surface area (Å²) in [6, 6.07) is 7.57. The predicted molar refractivity (Wildman–Crippen MR) is 69.3 cm³/mol. The molecule has 4 heteroatoms. The fourth-order valence-electron chi connectivity index (χ4n) is 1.75. The van der Waals surface area contributed by atoms with E-state index >= 15 is 0 Å². The zero-order chi connectivity index (χ0) is 12.5. The summed E-state index contributed by atoms with van der Waals surface area (Å²) in [6.45, 7) is 0.522. The van der Waals surface area contributed by atoms with Crippen LogP contribution in [0.3, 0.4) is 0 Å². The molecule has 1 amide bonds. The molecule has 0 bridgehead atoms. The summed E-state index contributed by atoms with van der Waals surface area (Å²) >= 11 is 0. The maximum Gasteiger partial charge on any atom is 0.251 e. The first kappa shape index (κ1) is 11.9. The predicted octanol–water partition coefficient (Wildman–Crippen LogP) is 0.974. The van der Waals surface area contributed by atoms with Crippen LogP contribution in [0.5, 0.6) is 0 Å². The molecule has 4 nitrogen and oxygen atoms in total. The van der Waals surface area contributed by atoms with E-state index in [1.165, 1.54) is 0 Å². The molecule has 0 saturated heterocycles. The van der Waals surface area contributed by atoms with Crippen LogP contribution < -0.4 is 16.0 Å². The number of nitrogens with two attached hydrogens (primary N) is 1. The van der Waals surface area contributed by atoms with E-state index in [1.54, 1.807) is 0 Å². The first-order chi connectivity index (χ1) is 8.06. The average molecular weight is 233 g/mol. The highest BCUT2D eigenvalue weighted by atomic mass is 16.1. The smallest absolute Gasteiger partial charge is 0.251 e. The van der Waals surface area contributed by atoms with Crippen molar-refractivity contribution in [1.82, 2.24) is 5.32 Å². The number of rotatable bonds is 4. The van der Waals surface area contributed by atoms with E-state index in [9.17, 15) is 4.79 Å². The zero-order valence-electron chi connectivity index (χ0n) is 10.4. The molecule has 1 aliphatic carbocycles. The SMILES string of the molecule is CN(C)c1ccc(C(=O)NC2(CN)CC2)cc1. The molecule has 0 aromatic heterocycles. The second kappa shape index (κ2) is 4.37. The van der Waals surface area contributed by atoms with Gasteiger partial charge in [-0.3, -0.25) is 4.79 Å². The molecular weight excluding hydrogens is 214 g/mol. The summed E-state index contributed by atoms with van der Waals surface area (Å²) in [5.41, 5.74) is 7.28. The van der Waals surface area contributed by atoms with Crippen LogP contribution in [0, 0.1) is 0 Å². The Hall–Kier alpha value is -1.55. The minimum Gasteiger partial charge on any atom is -0.378 e. The second-order valence-corrected chi connectivity index (χ2v) is 4.88. The largest absolute Gasteiger partial charge is 0.378 e.